The zero-order valence-corrected chi connectivity index (χ0v) is 16.1. The van der Waals surface area contributed by atoms with Crippen molar-refractivity contribution < 1.29 is 19.1 Å². The molecular formula is C22H21N3O4. The van der Waals surface area contributed by atoms with Gasteiger partial charge in [-0.05, 0) is 54.1 Å². The summed E-state index contributed by atoms with van der Waals surface area (Å²) >= 11 is 0. The van der Waals surface area contributed by atoms with E-state index in [1.807, 2.05) is 24.3 Å². The Bertz CT molecular complexity index is 968. The SMILES string of the molecule is COC(=O)c1ccc(Nc2ccc(C(=O)NCc3ccc(OC)cc3)cn2)cc1. The molecule has 148 valence electrons. The number of nitrogens with one attached hydrogen (secondary N) is 2. The van der Waals surface area contributed by atoms with E-state index in [0.717, 1.165) is 17.0 Å². The Hall–Kier alpha value is -3.87. The summed E-state index contributed by atoms with van der Waals surface area (Å²) in [6.07, 6.45) is 1.51. The summed E-state index contributed by atoms with van der Waals surface area (Å²) < 4.78 is 9.79. The number of pyridine rings is 1. The third kappa shape index (κ3) is 5.32. The second-order valence-corrected chi connectivity index (χ2v) is 6.16. The molecule has 0 fully saturated rings. The number of hydrogen-bond acceptors (Lipinski definition) is 6. The van der Waals surface area contributed by atoms with Crippen LogP contribution in [0.4, 0.5) is 11.5 Å². The minimum atomic E-state index is -0.389. The highest BCUT2D eigenvalue weighted by atomic mass is 16.5. The Balaban J connectivity index is 1.56. The maximum Gasteiger partial charge on any atom is 0.337 e. The van der Waals surface area contributed by atoms with E-state index in [0.29, 0.717) is 23.5 Å². The summed E-state index contributed by atoms with van der Waals surface area (Å²) in [6, 6.07) is 17.7. The van der Waals surface area contributed by atoms with Crippen LogP contribution in [-0.4, -0.2) is 31.1 Å². The van der Waals surface area contributed by atoms with Crippen LogP contribution in [0.25, 0.3) is 0 Å². The van der Waals surface area contributed by atoms with Crippen molar-refractivity contribution in [2.24, 2.45) is 0 Å². The van der Waals surface area contributed by atoms with Crippen LogP contribution < -0.4 is 15.4 Å². The minimum absolute atomic E-state index is 0.206. The molecule has 7 heteroatoms. The zero-order chi connectivity index (χ0) is 20.6. The molecule has 1 aromatic heterocycles. The summed E-state index contributed by atoms with van der Waals surface area (Å²) in [6.45, 7) is 0.412. The van der Waals surface area contributed by atoms with Gasteiger partial charge in [0.25, 0.3) is 5.91 Å². The summed E-state index contributed by atoms with van der Waals surface area (Å²) in [7, 11) is 2.95. The predicted octanol–water partition coefficient (Wildman–Crippen LogP) is 3.55. The van der Waals surface area contributed by atoms with Crippen molar-refractivity contribution in [3.8, 4) is 5.75 Å². The van der Waals surface area contributed by atoms with E-state index in [9.17, 15) is 9.59 Å². The van der Waals surface area contributed by atoms with E-state index in [4.69, 9.17) is 4.74 Å². The lowest BCUT2D eigenvalue weighted by molar-refractivity contribution is 0.0600. The van der Waals surface area contributed by atoms with Gasteiger partial charge in [0.05, 0.1) is 25.3 Å². The number of aromatic nitrogens is 1. The fourth-order valence-corrected chi connectivity index (χ4v) is 2.59. The van der Waals surface area contributed by atoms with Crippen LogP contribution in [0.1, 0.15) is 26.3 Å². The summed E-state index contributed by atoms with van der Waals surface area (Å²) in [5.74, 6) is 0.761. The number of nitrogens with zero attached hydrogens (tertiary/aromatic N) is 1. The standard InChI is InChI=1S/C22H21N3O4/c1-28-19-10-3-15(4-11-19)13-24-21(26)17-7-12-20(23-14-17)25-18-8-5-16(6-9-18)22(27)29-2/h3-12,14H,13H2,1-2H3,(H,23,25)(H,24,26). The van der Waals surface area contributed by atoms with Crippen LogP contribution in [0.15, 0.2) is 66.9 Å². The Kier molecular flexibility index (Phi) is 6.42. The second kappa shape index (κ2) is 9.36. The molecule has 1 amide bonds. The Morgan fingerprint density at radius 2 is 1.59 bits per heavy atom. The smallest absolute Gasteiger partial charge is 0.337 e. The first-order valence-corrected chi connectivity index (χ1v) is 8.91. The third-order valence-electron chi connectivity index (χ3n) is 4.22. The van der Waals surface area contributed by atoms with E-state index in [1.165, 1.54) is 13.3 Å². The molecule has 2 aromatic carbocycles. The normalized spacial score (nSPS) is 10.1. The lowest BCUT2D eigenvalue weighted by atomic mass is 10.2. The predicted molar refractivity (Wildman–Crippen MR) is 109 cm³/mol. The highest BCUT2D eigenvalue weighted by Crippen LogP contribution is 2.16. The van der Waals surface area contributed by atoms with Gasteiger partial charge >= 0.3 is 5.97 Å². The Morgan fingerprint density at radius 1 is 0.897 bits per heavy atom. The van der Waals surface area contributed by atoms with Gasteiger partial charge in [0.15, 0.2) is 0 Å². The molecule has 0 aliphatic rings. The van der Waals surface area contributed by atoms with Gasteiger partial charge in [0.1, 0.15) is 11.6 Å². The molecule has 7 nitrogen and oxygen atoms in total. The fraction of sp³-hybridized carbons (Fsp3) is 0.136. The van der Waals surface area contributed by atoms with E-state index in [-0.39, 0.29) is 11.9 Å². The van der Waals surface area contributed by atoms with Crippen molar-refractivity contribution in [2.75, 3.05) is 19.5 Å². The van der Waals surface area contributed by atoms with Gasteiger partial charge in [0.2, 0.25) is 0 Å². The third-order valence-corrected chi connectivity index (χ3v) is 4.22. The molecule has 2 N–H and O–H groups in total. The van der Waals surface area contributed by atoms with Crippen molar-refractivity contribution in [3.05, 3.63) is 83.6 Å². The fourth-order valence-electron chi connectivity index (χ4n) is 2.59. The highest BCUT2D eigenvalue weighted by Gasteiger charge is 2.07. The van der Waals surface area contributed by atoms with Gasteiger partial charge in [-0.3, -0.25) is 4.79 Å². The monoisotopic (exact) mass is 391 g/mol. The Labute approximate surface area is 168 Å². The summed E-state index contributed by atoms with van der Waals surface area (Å²) in [5, 5.41) is 5.98. The van der Waals surface area contributed by atoms with Crippen LogP contribution >= 0.6 is 0 Å². The average Bonchev–Trinajstić information content (AvgIpc) is 2.78. The molecule has 0 aliphatic heterocycles. The zero-order valence-electron chi connectivity index (χ0n) is 16.1. The average molecular weight is 391 g/mol. The van der Waals surface area contributed by atoms with Crippen LogP contribution in [0, 0.1) is 0 Å². The van der Waals surface area contributed by atoms with E-state index in [1.54, 1.807) is 43.5 Å². The first kappa shape index (κ1) is 19.9. The van der Waals surface area contributed by atoms with Crippen molar-refractivity contribution in [2.45, 2.75) is 6.54 Å². The number of rotatable bonds is 7. The maximum atomic E-state index is 12.3. The number of amides is 1. The van der Waals surface area contributed by atoms with Crippen molar-refractivity contribution in [1.29, 1.82) is 0 Å². The second-order valence-electron chi connectivity index (χ2n) is 6.16. The summed E-state index contributed by atoms with van der Waals surface area (Å²) in [4.78, 5) is 28.0. The minimum Gasteiger partial charge on any atom is -0.497 e. The lowest BCUT2D eigenvalue weighted by Gasteiger charge is -2.08. The van der Waals surface area contributed by atoms with E-state index >= 15 is 0 Å². The van der Waals surface area contributed by atoms with E-state index in [2.05, 4.69) is 20.4 Å². The molecule has 0 aliphatic carbocycles. The first-order chi connectivity index (χ1) is 14.1. The Morgan fingerprint density at radius 3 is 2.17 bits per heavy atom. The molecule has 0 saturated heterocycles. The van der Waals surface area contributed by atoms with Gasteiger partial charge in [-0.25, -0.2) is 9.78 Å². The number of anilines is 2. The quantitative estimate of drug-likeness (QED) is 0.599. The number of hydrogen-bond donors (Lipinski definition) is 2. The van der Waals surface area contributed by atoms with Crippen LogP contribution in [0.3, 0.4) is 0 Å². The van der Waals surface area contributed by atoms with Crippen LogP contribution in [0.5, 0.6) is 5.75 Å². The number of ether oxygens (including phenoxy) is 2. The van der Waals surface area contributed by atoms with E-state index < -0.39 is 0 Å². The molecule has 0 bridgehead atoms. The molecule has 0 spiro atoms. The van der Waals surface area contributed by atoms with Crippen molar-refractivity contribution >= 4 is 23.4 Å². The molecule has 3 rings (SSSR count). The summed E-state index contributed by atoms with van der Waals surface area (Å²) in [5.41, 5.74) is 2.67. The topological polar surface area (TPSA) is 89.5 Å². The van der Waals surface area contributed by atoms with Crippen LogP contribution in [-0.2, 0) is 11.3 Å². The molecule has 3 aromatic rings. The largest absolute Gasteiger partial charge is 0.497 e. The number of carbonyl (C=O) groups excluding carboxylic acids is 2. The molecular weight excluding hydrogens is 370 g/mol. The lowest BCUT2D eigenvalue weighted by Crippen LogP contribution is -2.22. The van der Waals surface area contributed by atoms with Crippen molar-refractivity contribution in [3.63, 3.8) is 0 Å². The maximum absolute atomic E-state index is 12.3. The van der Waals surface area contributed by atoms with Crippen molar-refractivity contribution in [1.82, 2.24) is 10.3 Å². The molecule has 0 radical (unpaired) electrons. The van der Waals surface area contributed by atoms with Gasteiger partial charge < -0.3 is 20.1 Å². The first-order valence-electron chi connectivity index (χ1n) is 8.91. The molecule has 0 atom stereocenters. The van der Waals surface area contributed by atoms with Gasteiger partial charge in [-0.2, -0.15) is 0 Å². The highest BCUT2D eigenvalue weighted by molar-refractivity contribution is 5.94. The van der Waals surface area contributed by atoms with Gasteiger partial charge in [0, 0.05) is 18.4 Å². The molecule has 0 saturated carbocycles. The molecule has 1 heterocycles. The number of carbonyl (C=O) groups is 2. The molecule has 29 heavy (non-hydrogen) atoms. The van der Waals surface area contributed by atoms with Gasteiger partial charge in [-0.15, -0.1) is 0 Å². The van der Waals surface area contributed by atoms with Gasteiger partial charge in [-0.1, -0.05) is 12.1 Å². The number of esters is 1. The van der Waals surface area contributed by atoms with Crippen LogP contribution in [0.2, 0.25) is 0 Å². The number of benzene rings is 2. The number of methoxy groups -OCH3 is 2. The molecule has 0 unspecified atom stereocenters.